The Kier molecular flexibility index (Phi) is 6.31. The molecule has 1 aliphatic heterocycles. The quantitative estimate of drug-likeness (QED) is 0.395. The number of aryl methyl sites for hydroxylation is 1. The maximum Gasteiger partial charge on any atom is 0.416 e. The number of hydrogen-bond donors (Lipinski definition) is 4. The summed E-state index contributed by atoms with van der Waals surface area (Å²) in [5, 5.41) is 21.5. The van der Waals surface area contributed by atoms with E-state index >= 15 is 0 Å². The molecule has 2 heterocycles. The zero-order valence-corrected chi connectivity index (χ0v) is 18.9. The third-order valence-corrected chi connectivity index (χ3v) is 6.09. The highest BCUT2D eigenvalue weighted by Crippen LogP contribution is 2.34. The topological polar surface area (TPSA) is 108 Å². The number of benzene rings is 2. The highest BCUT2D eigenvalue weighted by molar-refractivity contribution is 6.01. The molecule has 1 saturated heterocycles. The van der Waals surface area contributed by atoms with E-state index in [0.717, 1.165) is 18.2 Å². The molecule has 2 atom stereocenters. The van der Waals surface area contributed by atoms with E-state index in [1.807, 2.05) is 0 Å². The van der Waals surface area contributed by atoms with Crippen LogP contribution >= 0.6 is 0 Å². The molecule has 2 amide bonds. The third-order valence-electron chi connectivity index (χ3n) is 6.09. The van der Waals surface area contributed by atoms with Crippen molar-refractivity contribution < 1.29 is 36.6 Å². The first-order valence-electron chi connectivity index (χ1n) is 10.5. The Morgan fingerprint density at radius 3 is 2.39 bits per heavy atom. The number of nitrogens with one attached hydrogen (secondary N) is 3. The Bertz CT molecular complexity index is 1340. The number of rotatable bonds is 5. The predicted molar refractivity (Wildman–Crippen MR) is 116 cm³/mol. The van der Waals surface area contributed by atoms with Gasteiger partial charge in [-0.2, -0.15) is 18.3 Å². The van der Waals surface area contributed by atoms with Gasteiger partial charge in [-0.25, -0.2) is 8.78 Å². The summed E-state index contributed by atoms with van der Waals surface area (Å²) in [5.74, 6) is -4.32. The summed E-state index contributed by atoms with van der Waals surface area (Å²) in [6, 6.07) is 4.94. The van der Waals surface area contributed by atoms with Gasteiger partial charge in [-0.3, -0.25) is 19.6 Å². The smallest absolute Gasteiger partial charge is 0.361 e. The van der Waals surface area contributed by atoms with Crippen molar-refractivity contribution in [1.29, 1.82) is 0 Å². The van der Waals surface area contributed by atoms with E-state index in [0.29, 0.717) is 29.5 Å². The molecule has 190 valence electrons. The number of aliphatic hydroxyl groups is 1. The number of nitrogens with zero attached hydrogens (tertiary/aromatic N) is 2. The minimum Gasteiger partial charge on any atom is -0.361 e. The van der Waals surface area contributed by atoms with Crippen LogP contribution in [0, 0.1) is 18.6 Å². The fourth-order valence-electron chi connectivity index (χ4n) is 4.08. The number of halogens is 5. The molecule has 13 heteroatoms. The van der Waals surface area contributed by atoms with Crippen molar-refractivity contribution in [3.8, 4) is 11.1 Å². The van der Waals surface area contributed by atoms with Crippen molar-refractivity contribution in [2.24, 2.45) is 7.05 Å². The summed E-state index contributed by atoms with van der Waals surface area (Å²) in [5.41, 5.74) is -2.80. The van der Waals surface area contributed by atoms with Crippen molar-refractivity contribution in [2.45, 2.75) is 25.0 Å². The molecule has 0 radical (unpaired) electrons. The van der Waals surface area contributed by atoms with E-state index in [-0.39, 0.29) is 11.1 Å². The average Bonchev–Trinajstić information content (AvgIpc) is 3.31. The van der Waals surface area contributed by atoms with Crippen LogP contribution in [-0.4, -0.2) is 39.6 Å². The van der Waals surface area contributed by atoms with Gasteiger partial charge in [0.25, 0.3) is 5.91 Å². The van der Waals surface area contributed by atoms with Crippen LogP contribution in [0.25, 0.3) is 11.1 Å². The van der Waals surface area contributed by atoms with Crippen LogP contribution in [0.5, 0.6) is 0 Å². The molecule has 3 aromatic rings. The molecular formula is C23H20F5N5O3. The summed E-state index contributed by atoms with van der Waals surface area (Å²) in [7, 11) is 1.63. The maximum atomic E-state index is 14.8. The van der Waals surface area contributed by atoms with Crippen LogP contribution < -0.4 is 16.0 Å². The Hall–Kier alpha value is -3.84. The number of aliphatic hydroxyl groups excluding tert-OH is 1. The zero-order chi connectivity index (χ0) is 26.4. The molecule has 4 N–H and O–H groups in total. The van der Waals surface area contributed by atoms with Gasteiger partial charge in [0.05, 0.1) is 17.3 Å². The third kappa shape index (κ3) is 4.31. The Labute approximate surface area is 201 Å². The van der Waals surface area contributed by atoms with Gasteiger partial charge in [0.1, 0.15) is 5.54 Å². The second-order valence-corrected chi connectivity index (χ2v) is 8.23. The SMILES string of the molecule is Cc1c(C2(CNC(=O)c3ccc(F)c(F)c3-c3ccc(C(F)(F)F)cc3)NC(O)NC2=O)cnn1C. The van der Waals surface area contributed by atoms with Crippen LogP contribution in [0.3, 0.4) is 0 Å². The van der Waals surface area contributed by atoms with E-state index in [9.17, 15) is 36.6 Å². The second-order valence-electron chi connectivity index (χ2n) is 8.23. The lowest BCUT2D eigenvalue weighted by Gasteiger charge is -2.27. The molecule has 8 nitrogen and oxygen atoms in total. The Morgan fingerprint density at radius 1 is 1.19 bits per heavy atom. The molecule has 1 fully saturated rings. The molecule has 0 spiro atoms. The van der Waals surface area contributed by atoms with Crippen LogP contribution in [0.4, 0.5) is 22.0 Å². The lowest BCUT2D eigenvalue weighted by atomic mass is 9.90. The molecule has 0 saturated carbocycles. The van der Waals surface area contributed by atoms with Gasteiger partial charge in [-0.05, 0) is 36.8 Å². The van der Waals surface area contributed by atoms with Crippen LogP contribution in [0.1, 0.15) is 27.2 Å². The van der Waals surface area contributed by atoms with E-state index in [1.54, 1.807) is 14.0 Å². The molecule has 1 aromatic heterocycles. The lowest BCUT2D eigenvalue weighted by molar-refractivity contribution is -0.137. The van der Waals surface area contributed by atoms with Crippen LogP contribution in [0.15, 0.2) is 42.6 Å². The molecule has 0 aliphatic carbocycles. The number of alkyl halides is 3. The maximum absolute atomic E-state index is 14.8. The number of carbonyl (C=O) groups is 2. The standard InChI is InChI=1S/C23H20F5N5O3/c1-11-15(9-30-33(11)2)22(20(35)31-21(36)32-22)10-29-19(34)14-7-8-16(24)18(25)17(14)12-3-5-13(6-4-12)23(26,27)28/h3-9,21,32,36H,10H2,1-2H3,(H,29,34)(H,31,35). The van der Waals surface area contributed by atoms with Crippen LogP contribution in [-0.2, 0) is 23.6 Å². The van der Waals surface area contributed by atoms with Crippen molar-refractivity contribution >= 4 is 11.8 Å². The lowest BCUT2D eigenvalue weighted by Crippen LogP contribution is -2.53. The Balaban J connectivity index is 1.69. The second kappa shape index (κ2) is 8.99. The van der Waals surface area contributed by atoms with Crippen molar-refractivity contribution in [2.75, 3.05) is 6.54 Å². The largest absolute Gasteiger partial charge is 0.416 e. The fraction of sp³-hybridized carbons (Fsp3) is 0.261. The molecule has 0 bridgehead atoms. The zero-order valence-electron chi connectivity index (χ0n) is 18.9. The van der Waals surface area contributed by atoms with Gasteiger partial charge < -0.3 is 15.7 Å². The van der Waals surface area contributed by atoms with Gasteiger partial charge in [0.15, 0.2) is 18.0 Å². The van der Waals surface area contributed by atoms with E-state index < -0.39 is 59.2 Å². The molecule has 36 heavy (non-hydrogen) atoms. The van der Waals surface area contributed by atoms with Gasteiger partial charge in [-0.1, -0.05) is 12.1 Å². The highest BCUT2D eigenvalue weighted by Gasteiger charge is 2.49. The molecule has 2 aromatic carbocycles. The van der Waals surface area contributed by atoms with Crippen molar-refractivity contribution in [1.82, 2.24) is 25.7 Å². The van der Waals surface area contributed by atoms with Gasteiger partial charge in [0, 0.05) is 30.4 Å². The number of amides is 2. The summed E-state index contributed by atoms with van der Waals surface area (Å²) in [6.07, 6.45) is -4.69. The van der Waals surface area contributed by atoms with Gasteiger partial charge in [0.2, 0.25) is 5.91 Å². The fourth-order valence-corrected chi connectivity index (χ4v) is 4.08. The summed E-state index contributed by atoms with van der Waals surface area (Å²) >= 11 is 0. The Morgan fingerprint density at radius 2 is 1.86 bits per heavy atom. The number of aromatic nitrogens is 2. The van der Waals surface area contributed by atoms with E-state index in [2.05, 4.69) is 21.0 Å². The van der Waals surface area contributed by atoms with E-state index in [4.69, 9.17) is 0 Å². The van der Waals surface area contributed by atoms with E-state index in [1.165, 1.54) is 10.9 Å². The first-order chi connectivity index (χ1) is 16.8. The van der Waals surface area contributed by atoms with Gasteiger partial charge >= 0.3 is 6.18 Å². The average molecular weight is 509 g/mol. The minimum absolute atomic E-state index is 0.157. The summed E-state index contributed by atoms with van der Waals surface area (Å²) in [6.45, 7) is 1.25. The first-order valence-corrected chi connectivity index (χ1v) is 10.5. The summed E-state index contributed by atoms with van der Waals surface area (Å²) < 4.78 is 69.1. The molecular weight excluding hydrogens is 489 g/mol. The monoisotopic (exact) mass is 509 g/mol. The summed E-state index contributed by atoms with van der Waals surface area (Å²) in [4.78, 5) is 25.9. The van der Waals surface area contributed by atoms with Crippen molar-refractivity contribution in [3.05, 3.63) is 76.6 Å². The first kappa shape index (κ1) is 25.3. The molecule has 2 unspecified atom stereocenters. The predicted octanol–water partition coefficient (Wildman–Crippen LogP) is 2.31. The van der Waals surface area contributed by atoms with Crippen LogP contribution in [0.2, 0.25) is 0 Å². The minimum atomic E-state index is -4.64. The van der Waals surface area contributed by atoms with Crippen molar-refractivity contribution in [3.63, 3.8) is 0 Å². The molecule has 1 aliphatic rings. The number of hydrogen-bond acceptors (Lipinski definition) is 5. The molecule has 4 rings (SSSR count). The number of carbonyl (C=O) groups excluding carboxylic acids is 2. The van der Waals surface area contributed by atoms with Gasteiger partial charge in [-0.15, -0.1) is 0 Å². The highest BCUT2D eigenvalue weighted by atomic mass is 19.4. The normalized spacial score (nSPS) is 19.9.